The lowest BCUT2D eigenvalue weighted by Crippen LogP contribution is -2.23. The van der Waals surface area contributed by atoms with E-state index in [4.69, 9.17) is 8.37 Å². The Kier molecular flexibility index (Phi) is 7.84. The predicted molar refractivity (Wildman–Crippen MR) is 122 cm³/mol. The van der Waals surface area contributed by atoms with Gasteiger partial charge < -0.3 is 0 Å². The molecule has 0 aliphatic heterocycles. The summed E-state index contributed by atoms with van der Waals surface area (Å²) in [4.78, 5) is 0.101. The van der Waals surface area contributed by atoms with Crippen LogP contribution in [-0.2, 0) is 35.0 Å². The van der Waals surface area contributed by atoms with Gasteiger partial charge in [0.05, 0.1) is 23.0 Å². The first kappa shape index (κ1) is 24.1. The van der Waals surface area contributed by atoms with Crippen molar-refractivity contribution in [2.24, 2.45) is 5.92 Å². The average molecular weight is 475 g/mol. The van der Waals surface area contributed by atoms with E-state index in [0.29, 0.717) is 6.42 Å². The van der Waals surface area contributed by atoms with Gasteiger partial charge in [0.1, 0.15) is 0 Å². The third-order valence-corrected chi connectivity index (χ3v) is 7.50. The van der Waals surface area contributed by atoms with Gasteiger partial charge in [-0.05, 0) is 50.1 Å². The molecule has 3 aromatic carbocycles. The summed E-state index contributed by atoms with van der Waals surface area (Å²) in [5.74, 6) is -0.502. The highest BCUT2D eigenvalue weighted by Gasteiger charge is 2.22. The van der Waals surface area contributed by atoms with E-state index in [1.54, 1.807) is 24.3 Å². The van der Waals surface area contributed by atoms with E-state index in [1.807, 2.05) is 44.2 Å². The van der Waals surface area contributed by atoms with Gasteiger partial charge in [-0.25, -0.2) is 0 Å². The van der Waals surface area contributed by atoms with Crippen LogP contribution in [0.4, 0.5) is 0 Å². The number of hydrogen-bond donors (Lipinski definition) is 0. The van der Waals surface area contributed by atoms with Gasteiger partial charge in [-0.2, -0.15) is 16.8 Å². The Balaban J connectivity index is 1.73. The molecule has 0 heterocycles. The van der Waals surface area contributed by atoms with Crippen LogP contribution in [0.2, 0.25) is 0 Å². The highest BCUT2D eigenvalue weighted by Crippen LogP contribution is 2.19. The van der Waals surface area contributed by atoms with Gasteiger partial charge in [-0.1, -0.05) is 65.7 Å². The summed E-state index contributed by atoms with van der Waals surface area (Å²) in [5.41, 5.74) is 2.78. The minimum atomic E-state index is -3.98. The van der Waals surface area contributed by atoms with Crippen molar-refractivity contribution in [3.63, 3.8) is 0 Å². The van der Waals surface area contributed by atoms with Crippen LogP contribution in [0.5, 0.6) is 0 Å². The molecule has 0 bridgehead atoms. The monoisotopic (exact) mass is 474 g/mol. The molecule has 0 aliphatic rings. The third-order valence-electron chi connectivity index (χ3n) is 4.90. The highest BCUT2D eigenvalue weighted by molar-refractivity contribution is 7.87. The summed E-state index contributed by atoms with van der Waals surface area (Å²) in [6.45, 7) is 3.29. The summed E-state index contributed by atoms with van der Waals surface area (Å²) in [6.07, 6.45) is 0.397. The van der Waals surface area contributed by atoms with Gasteiger partial charge in [-0.15, -0.1) is 0 Å². The van der Waals surface area contributed by atoms with E-state index in [1.165, 1.54) is 24.3 Å². The molecule has 0 amide bonds. The van der Waals surface area contributed by atoms with Crippen LogP contribution in [-0.4, -0.2) is 30.0 Å². The first-order valence-electron chi connectivity index (χ1n) is 10.1. The Hall–Kier alpha value is -2.52. The lowest BCUT2D eigenvalue weighted by molar-refractivity contribution is 0.183. The van der Waals surface area contributed by atoms with Crippen molar-refractivity contribution in [3.05, 3.63) is 95.6 Å². The van der Waals surface area contributed by atoms with Crippen LogP contribution in [0.3, 0.4) is 0 Å². The first-order chi connectivity index (χ1) is 15.2. The predicted octanol–water partition coefficient (Wildman–Crippen LogP) is 4.27. The Morgan fingerprint density at radius 3 is 1.44 bits per heavy atom. The Bertz CT molecular complexity index is 1140. The highest BCUT2D eigenvalue weighted by atomic mass is 32.2. The van der Waals surface area contributed by atoms with Crippen molar-refractivity contribution in [2.45, 2.75) is 30.1 Å². The summed E-state index contributed by atoms with van der Waals surface area (Å²) in [6, 6.07) is 22.0. The van der Waals surface area contributed by atoms with Crippen molar-refractivity contribution in [2.75, 3.05) is 13.2 Å². The minimum Gasteiger partial charge on any atom is -0.266 e. The first-order valence-corrected chi connectivity index (χ1v) is 12.9. The molecule has 3 aromatic rings. The van der Waals surface area contributed by atoms with E-state index in [-0.39, 0.29) is 23.0 Å². The number of aryl methyl sites for hydroxylation is 2. The molecule has 0 spiro atoms. The fourth-order valence-electron chi connectivity index (χ4n) is 3.03. The van der Waals surface area contributed by atoms with Crippen LogP contribution in [0, 0.1) is 19.8 Å². The molecule has 0 aliphatic carbocycles. The van der Waals surface area contributed by atoms with E-state index < -0.39 is 26.2 Å². The van der Waals surface area contributed by atoms with Gasteiger partial charge in [0.15, 0.2) is 0 Å². The second-order valence-corrected chi connectivity index (χ2v) is 10.9. The van der Waals surface area contributed by atoms with E-state index in [9.17, 15) is 16.8 Å². The molecule has 0 fully saturated rings. The standard InChI is InChI=1S/C24H26O6S2/c1-19-8-12-23(13-9-19)31(25,26)29-17-22(16-21-6-4-3-5-7-21)18-30-32(27,28)24-14-10-20(2)11-15-24/h3-15,22H,16-18H2,1-2H3. The van der Waals surface area contributed by atoms with Gasteiger partial charge in [0, 0.05) is 5.92 Å². The molecule has 8 heteroatoms. The number of benzene rings is 3. The van der Waals surface area contributed by atoms with E-state index in [2.05, 4.69) is 0 Å². The molecular formula is C24H26O6S2. The zero-order valence-electron chi connectivity index (χ0n) is 18.0. The lowest BCUT2D eigenvalue weighted by Gasteiger charge is -2.17. The number of rotatable bonds is 10. The molecule has 0 N–H and O–H groups in total. The van der Waals surface area contributed by atoms with Gasteiger partial charge in [-0.3, -0.25) is 8.37 Å². The van der Waals surface area contributed by atoms with Gasteiger partial charge in [0.25, 0.3) is 20.2 Å². The molecular weight excluding hydrogens is 448 g/mol. The van der Waals surface area contributed by atoms with E-state index >= 15 is 0 Å². The number of hydrogen-bond acceptors (Lipinski definition) is 6. The molecule has 0 saturated carbocycles. The van der Waals surface area contributed by atoms with Crippen LogP contribution in [0.25, 0.3) is 0 Å². The SMILES string of the molecule is Cc1ccc(S(=O)(=O)OCC(COS(=O)(=O)c2ccc(C)cc2)Cc2ccccc2)cc1. The van der Waals surface area contributed by atoms with Crippen molar-refractivity contribution in [1.29, 1.82) is 0 Å². The normalized spacial score (nSPS) is 12.2. The second kappa shape index (κ2) is 10.4. The second-order valence-electron chi connectivity index (χ2n) is 7.66. The summed E-state index contributed by atoms with van der Waals surface area (Å²) < 4.78 is 60.8. The van der Waals surface area contributed by atoms with Crippen molar-refractivity contribution >= 4 is 20.2 Å². The zero-order chi connectivity index (χ0) is 23.2. The lowest BCUT2D eigenvalue weighted by atomic mass is 10.0. The molecule has 170 valence electrons. The average Bonchev–Trinajstić information content (AvgIpc) is 2.77. The van der Waals surface area contributed by atoms with E-state index in [0.717, 1.165) is 16.7 Å². The minimum absolute atomic E-state index is 0.0507. The summed E-state index contributed by atoms with van der Waals surface area (Å²) in [5, 5.41) is 0. The fourth-order valence-corrected chi connectivity index (χ4v) is 4.99. The van der Waals surface area contributed by atoms with Gasteiger partial charge >= 0.3 is 0 Å². The van der Waals surface area contributed by atoms with Crippen LogP contribution in [0.1, 0.15) is 16.7 Å². The zero-order valence-corrected chi connectivity index (χ0v) is 19.6. The van der Waals surface area contributed by atoms with Crippen molar-refractivity contribution in [3.8, 4) is 0 Å². The maximum absolute atomic E-state index is 12.6. The molecule has 0 aromatic heterocycles. The molecule has 0 radical (unpaired) electrons. The summed E-state index contributed by atoms with van der Waals surface area (Å²) in [7, 11) is -7.96. The smallest absolute Gasteiger partial charge is 0.266 e. The quantitative estimate of drug-likeness (QED) is 0.408. The van der Waals surface area contributed by atoms with Gasteiger partial charge in [0.2, 0.25) is 0 Å². The third kappa shape index (κ3) is 6.74. The molecule has 6 nitrogen and oxygen atoms in total. The molecule has 0 saturated heterocycles. The summed E-state index contributed by atoms with van der Waals surface area (Å²) >= 11 is 0. The molecule has 32 heavy (non-hydrogen) atoms. The topological polar surface area (TPSA) is 86.7 Å². The Morgan fingerprint density at radius 1 is 0.625 bits per heavy atom. The molecule has 0 atom stereocenters. The fraction of sp³-hybridized carbons (Fsp3) is 0.250. The maximum Gasteiger partial charge on any atom is 0.296 e. The largest absolute Gasteiger partial charge is 0.296 e. The van der Waals surface area contributed by atoms with Crippen molar-refractivity contribution in [1.82, 2.24) is 0 Å². The Morgan fingerprint density at radius 2 is 1.03 bits per heavy atom. The van der Waals surface area contributed by atoms with Crippen LogP contribution >= 0.6 is 0 Å². The maximum atomic E-state index is 12.6. The van der Waals surface area contributed by atoms with Crippen LogP contribution in [0.15, 0.2) is 88.7 Å². The Labute approximate surface area is 190 Å². The van der Waals surface area contributed by atoms with Crippen molar-refractivity contribution < 1.29 is 25.2 Å². The molecule has 0 unspecified atom stereocenters. The molecule has 3 rings (SSSR count). The van der Waals surface area contributed by atoms with Crippen LogP contribution < -0.4 is 0 Å².